The van der Waals surface area contributed by atoms with Crippen LogP contribution in [0.15, 0.2) is 0 Å². The van der Waals surface area contributed by atoms with Crippen molar-refractivity contribution in [3.05, 3.63) is 0 Å². The molecule has 1 saturated heterocycles. The molecule has 1 amide bonds. The number of nitrogens with zero attached hydrogens (tertiary/aromatic N) is 2. The van der Waals surface area contributed by atoms with Gasteiger partial charge in [-0.3, -0.25) is 9.69 Å². The van der Waals surface area contributed by atoms with Crippen molar-refractivity contribution < 1.29 is 4.79 Å². The van der Waals surface area contributed by atoms with Crippen molar-refractivity contribution in [2.24, 2.45) is 0 Å². The Morgan fingerprint density at radius 1 is 1.38 bits per heavy atom. The molecule has 0 aromatic heterocycles. The van der Waals surface area contributed by atoms with E-state index in [0.29, 0.717) is 12.5 Å². The topological polar surface area (TPSA) is 23.6 Å². The molecule has 0 atom stereocenters. The Morgan fingerprint density at radius 3 is 2.54 bits per heavy atom. The van der Waals surface area contributed by atoms with Crippen LogP contribution in [0.1, 0.15) is 32.6 Å². The van der Waals surface area contributed by atoms with Crippen LogP contribution in [-0.4, -0.2) is 41.5 Å². The van der Waals surface area contributed by atoms with Gasteiger partial charge in [0.25, 0.3) is 0 Å². The zero-order chi connectivity index (χ0) is 9.47. The van der Waals surface area contributed by atoms with Gasteiger partial charge in [0.1, 0.15) is 0 Å². The van der Waals surface area contributed by atoms with Crippen LogP contribution in [0.2, 0.25) is 0 Å². The second-order valence-corrected chi connectivity index (χ2v) is 4.16. The van der Waals surface area contributed by atoms with E-state index in [0.717, 1.165) is 6.54 Å². The molecule has 13 heavy (non-hydrogen) atoms. The van der Waals surface area contributed by atoms with Gasteiger partial charge < -0.3 is 4.90 Å². The summed E-state index contributed by atoms with van der Waals surface area (Å²) in [4.78, 5) is 15.9. The standard InChI is InChI=1S/C10H18N2O/c1-3-12-8-9(13)11(2)10(12)6-4-5-7-10/h3-8H2,1-2H3. The van der Waals surface area contributed by atoms with E-state index in [4.69, 9.17) is 0 Å². The molecule has 1 heterocycles. The Morgan fingerprint density at radius 2 is 2.00 bits per heavy atom. The summed E-state index contributed by atoms with van der Waals surface area (Å²) >= 11 is 0. The van der Waals surface area contributed by atoms with E-state index < -0.39 is 0 Å². The van der Waals surface area contributed by atoms with Crippen molar-refractivity contribution in [2.75, 3.05) is 20.1 Å². The Labute approximate surface area is 79.7 Å². The van der Waals surface area contributed by atoms with Crippen LogP contribution < -0.4 is 0 Å². The average molecular weight is 182 g/mol. The number of rotatable bonds is 1. The molecule has 1 spiro atoms. The first kappa shape index (κ1) is 9.00. The van der Waals surface area contributed by atoms with Crippen LogP contribution >= 0.6 is 0 Å². The molecule has 1 aliphatic heterocycles. The van der Waals surface area contributed by atoms with E-state index in [1.165, 1.54) is 25.7 Å². The second-order valence-electron chi connectivity index (χ2n) is 4.16. The van der Waals surface area contributed by atoms with Crippen molar-refractivity contribution >= 4 is 5.91 Å². The highest BCUT2D eigenvalue weighted by Gasteiger charge is 2.49. The first-order valence-corrected chi connectivity index (χ1v) is 5.22. The van der Waals surface area contributed by atoms with E-state index in [1.54, 1.807) is 0 Å². The molecular weight excluding hydrogens is 164 g/mol. The van der Waals surface area contributed by atoms with Gasteiger partial charge >= 0.3 is 0 Å². The maximum absolute atomic E-state index is 11.6. The summed E-state index contributed by atoms with van der Waals surface area (Å²) in [5.41, 5.74) is 0.103. The quantitative estimate of drug-likeness (QED) is 0.605. The zero-order valence-corrected chi connectivity index (χ0v) is 8.55. The summed E-state index contributed by atoms with van der Waals surface area (Å²) < 4.78 is 0. The van der Waals surface area contributed by atoms with E-state index >= 15 is 0 Å². The summed E-state index contributed by atoms with van der Waals surface area (Å²) in [6.07, 6.45) is 4.88. The third-order valence-electron chi connectivity index (χ3n) is 3.70. The second kappa shape index (κ2) is 2.98. The van der Waals surface area contributed by atoms with Crippen molar-refractivity contribution in [3.8, 4) is 0 Å². The summed E-state index contributed by atoms with van der Waals surface area (Å²) in [6, 6.07) is 0. The number of hydrogen-bond donors (Lipinski definition) is 0. The molecule has 0 N–H and O–H groups in total. The monoisotopic (exact) mass is 182 g/mol. The minimum Gasteiger partial charge on any atom is -0.326 e. The van der Waals surface area contributed by atoms with Crippen LogP contribution in [0.3, 0.4) is 0 Å². The number of amides is 1. The minimum atomic E-state index is 0.103. The summed E-state index contributed by atoms with van der Waals surface area (Å²) in [7, 11) is 1.96. The van der Waals surface area contributed by atoms with Crippen molar-refractivity contribution in [2.45, 2.75) is 38.3 Å². The molecule has 2 rings (SSSR count). The number of hydrogen-bond acceptors (Lipinski definition) is 2. The van der Waals surface area contributed by atoms with Gasteiger partial charge in [-0.2, -0.15) is 0 Å². The molecule has 2 aliphatic rings. The van der Waals surface area contributed by atoms with Crippen molar-refractivity contribution in [1.29, 1.82) is 0 Å². The number of carbonyl (C=O) groups excluding carboxylic acids is 1. The molecule has 3 nitrogen and oxygen atoms in total. The summed E-state index contributed by atoms with van der Waals surface area (Å²) in [6.45, 7) is 3.77. The Hall–Kier alpha value is -0.570. The largest absolute Gasteiger partial charge is 0.326 e. The fourth-order valence-electron chi connectivity index (χ4n) is 2.86. The maximum atomic E-state index is 11.6. The fraction of sp³-hybridized carbons (Fsp3) is 0.900. The third kappa shape index (κ3) is 1.10. The van der Waals surface area contributed by atoms with Gasteiger partial charge in [-0.15, -0.1) is 0 Å². The minimum absolute atomic E-state index is 0.103. The third-order valence-corrected chi connectivity index (χ3v) is 3.70. The zero-order valence-electron chi connectivity index (χ0n) is 8.55. The first-order valence-electron chi connectivity index (χ1n) is 5.22. The highest BCUT2D eigenvalue weighted by Crippen LogP contribution is 2.40. The highest BCUT2D eigenvalue weighted by molar-refractivity contribution is 5.81. The number of likely N-dealkylation sites (N-methyl/N-ethyl adjacent to an activating group) is 2. The molecule has 0 aromatic rings. The fourth-order valence-corrected chi connectivity index (χ4v) is 2.86. The highest BCUT2D eigenvalue weighted by atomic mass is 16.2. The van der Waals surface area contributed by atoms with Gasteiger partial charge in [0.15, 0.2) is 0 Å². The smallest absolute Gasteiger partial charge is 0.238 e. The van der Waals surface area contributed by atoms with E-state index in [9.17, 15) is 4.79 Å². The van der Waals surface area contributed by atoms with E-state index in [1.807, 2.05) is 11.9 Å². The molecule has 0 aromatic carbocycles. The molecule has 0 unspecified atom stereocenters. The van der Waals surface area contributed by atoms with Crippen LogP contribution in [0.25, 0.3) is 0 Å². The van der Waals surface area contributed by atoms with Gasteiger partial charge in [0.2, 0.25) is 5.91 Å². The number of carbonyl (C=O) groups is 1. The lowest BCUT2D eigenvalue weighted by Crippen LogP contribution is -2.50. The lowest BCUT2D eigenvalue weighted by atomic mass is 10.1. The van der Waals surface area contributed by atoms with Crippen molar-refractivity contribution in [3.63, 3.8) is 0 Å². The van der Waals surface area contributed by atoms with Gasteiger partial charge in [0, 0.05) is 7.05 Å². The lowest BCUT2D eigenvalue weighted by Gasteiger charge is -2.38. The summed E-state index contributed by atoms with van der Waals surface area (Å²) in [5, 5.41) is 0. The van der Waals surface area contributed by atoms with E-state index in [2.05, 4.69) is 11.8 Å². The van der Waals surface area contributed by atoms with Crippen LogP contribution in [0, 0.1) is 0 Å². The molecule has 3 heteroatoms. The summed E-state index contributed by atoms with van der Waals surface area (Å²) in [5.74, 6) is 0.295. The SMILES string of the molecule is CCN1CC(=O)N(C)C12CCCC2. The lowest BCUT2D eigenvalue weighted by molar-refractivity contribution is -0.128. The van der Waals surface area contributed by atoms with Crippen LogP contribution in [-0.2, 0) is 4.79 Å². The molecule has 0 bridgehead atoms. The van der Waals surface area contributed by atoms with Gasteiger partial charge in [-0.1, -0.05) is 6.92 Å². The average Bonchev–Trinajstić information content (AvgIpc) is 2.69. The first-order chi connectivity index (χ1) is 6.20. The predicted molar refractivity (Wildman–Crippen MR) is 51.2 cm³/mol. The molecule has 0 radical (unpaired) electrons. The van der Waals surface area contributed by atoms with Crippen molar-refractivity contribution in [1.82, 2.24) is 9.80 Å². The van der Waals surface area contributed by atoms with E-state index in [-0.39, 0.29) is 5.66 Å². The normalized spacial score (nSPS) is 27.8. The molecule has 74 valence electrons. The Kier molecular flexibility index (Phi) is 2.06. The molecule has 2 fully saturated rings. The van der Waals surface area contributed by atoms with Crippen LogP contribution in [0.5, 0.6) is 0 Å². The Balaban J connectivity index is 2.26. The van der Waals surface area contributed by atoms with Gasteiger partial charge in [-0.05, 0) is 32.2 Å². The molecular formula is C10H18N2O. The van der Waals surface area contributed by atoms with Gasteiger partial charge in [-0.25, -0.2) is 0 Å². The maximum Gasteiger partial charge on any atom is 0.238 e. The predicted octanol–water partition coefficient (Wildman–Crippen LogP) is 1.05. The molecule has 1 aliphatic carbocycles. The molecule has 1 saturated carbocycles. The Bertz CT molecular complexity index is 221. The van der Waals surface area contributed by atoms with Crippen LogP contribution in [0.4, 0.5) is 0 Å². The van der Waals surface area contributed by atoms with Gasteiger partial charge in [0.05, 0.1) is 12.2 Å².